The Balaban J connectivity index is 2.05. The topological polar surface area (TPSA) is 107 Å². The summed E-state index contributed by atoms with van der Waals surface area (Å²) in [4.78, 5) is 36.6. The van der Waals surface area contributed by atoms with Crippen LogP contribution in [0.2, 0.25) is 0 Å². The predicted molar refractivity (Wildman–Crippen MR) is 74.8 cm³/mol. The van der Waals surface area contributed by atoms with Crippen molar-refractivity contribution in [2.24, 2.45) is 5.73 Å². The number of ether oxygens (including phenoxy) is 1. The van der Waals surface area contributed by atoms with E-state index in [1.165, 1.54) is 16.8 Å². The lowest BCUT2D eigenvalue weighted by Crippen LogP contribution is -2.48. The summed E-state index contributed by atoms with van der Waals surface area (Å²) >= 11 is 0. The average Bonchev–Trinajstić information content (AvgIpc) is 2.49. The van der Waals surface area contributed by atoms with Crippen LogP contribution in [0.4, 0.5) is 0 Å². The molecule has 2 amide bonds. The Kier molecular flexibility index (Phi) is 4.94. The number of hydrogen-bond donors (Lipinski definition) is 2. The first kappa shape index (κ1) is 15.0. The molecule has 8 nitrogen and oxygen atoms in total. The molecule has 1 aromatic heterocycles. The highest BCUT2D eigenvalue weighted by atomic mass is 16.5. The second-order valence-corrected chi connectivity index (χ2v) is 4.69. The Morgan fingerprint density at radius 3 is 2.71 bits per heavy atom. The number of aromatic nitrogens is 1. The third-order valence-corrected chi connectivity index (χ3v) is 3.13. The number of piperazine rings is 1. The summed E-state index contributed by atoms with van der Waals surface area (Å²) in [6, 6.07) is 3.03. The molecule has 1 fully saturated rings. The smallest absolute Gasteiger partial charge is 0.293 e. The molecule has 0 saturated carbocycles. The summed E-state index contributed by atoms with van der Waals surface area (Å²) in [5.41, 5.74) is 4.51. The van der Waals surface area contributed by atoms with Crippen molar-refractivity contribution in [1.82, 2.24) is 14.8 Å². The van der Waals surface area contributed by atoms with Crippen LogP contribution < -0.4 is 21.3 Å². The van der Waals surface area contributed by atoms with Gasteiger partial charge in [0.1, 0.15) is 6.54 Å². The molecule has 21 heavy (non-hydrogen) atoms. The molecule has 0 spiro atoms. The molecular formula is C13H18N4O4. The number of carbonyl (C=O) groups excluding carboxylic acids is 2. The van der Waals surface area contributed by atoms with Crippen molar-refractivity contribution < 1.29 is 14.3 Å². The van der Waals surface area contributed by atoms with E-state index in [9.17, 15) is 14.4 Å². The molecule has 1 saturated heterocycles. The van der Waals surface area contributed by atoms with E-state index in [4.69, 9.17) is 10.5 Å². The van der Waals surface area contributed by atoms with Gasteiger partial charge in [-0.25, -0.2) is 0 Å². The number of nitrogens with zero attached hydrogens (tertiary/aromatic N) is 2. The normalized spacial score (nSPS) is 14.8. The number of rotatable bonds is 5. The minimum atomic E-state index is -0.665. The van der Waals surface area contributed by atoms with E-state index in [0.717, 1.165) is 13.1 Å². The fourth-order valence-electron chi connectivity index (χ4n) is 2.06. The van der Waals surface area contributed by atoms with Crippen molar-refractivity contribution in [3.8, 4) is 5.75 Å². The highest BCUT2D eigenvalue weighted by molar-refractivity contribution is 5.76. The van der Waals surface area contributed by atoms with Crippen molar-refractivity contribution in [1.29, 1.82) is 0 Å². The summed E-state index contributed by atoms with van der Waals surface area (Å²) < 4.78 is 6.29. The van der Waals surface area contributed by atoms with Gasteiger partial charge in [0.25, 0.3) is 11.5 Å². The molecule has 0 atom stereocenters. The molecule has 0 bridgehead atoms. The molecule has 1 aliphatic heterocycles. The molecule has 8 heteroatoms. The minimum absolute atomic E-state index is 0.00408. The van der Waals surface area contributed by atoms with Gasteiger partial charge in [0.15, 0.2) is 12.4 Å². The van der Waals surface area contributed by atoms with E-state index in [-0.39, 0.29) is 24.8 Å². The number of amides is 2. The summed E-state index contributed by atoms with van der Waals surface area (Å²) in [5, 5.41) is 3.16. The van der Waals surface area contributed by atoms with Gasteiger partial charge in [0, 0.05) is 32.4 Å². The van der Waals surface area contributed by atoms with E-state index in [0.29, 0.717) is 13.1 Å². The first-order valence-electron chi connectivity index (χ1n) is 6.67. The summed E-state index contributed by atoms with van der Waals surface area (Å²) in [6.07, 6.45) is 1.51. The van der Waals surface area contributed by atoms with Gasteiger partial charge in [0.2, 0.25) is 5.91 Å². The Morgan fingerprint density at radius 2 is 2.05 bits per heavy atom. The molecule has 2 rings (SSSR count). The second kappa shape index (κ2) is 6.89. The van der Waals surface area contributed by atoms with E-state index in [2.05, 4.69) is 5.32 Å². The third kappa shape index (κ3) is 4.06. The summed E-state index contributed by atoms with van der Waals surface area (Å²) in [5.74, 6) is -0.781. The molecule has 1 aromatic rings. The Labute approximate surface area is 121 Å². The van der Waals surface area contributed by atoms with Gasteiger partial charge in [-0.3, -0.25) is 14.4 Å². The Morgan fingerprint density at radius 1 is 1.33 bits per heavy atom. The van der Waals surface area contributed by atoms with Crippen LogP contribution in [-0.4, -0.2) is 54.1 Å². The average molecular weight is 294 g/mol. The van der Waals surface area contributed by atoms with Crippen molar-refractivity contribution in [3.05, 3.63) is 28.7 Å². The molecule has 2 heterocycles. The number of nitrogens with two attached hydrogens (primary N) is 1. The summed E-state index contributed by atoms with van der Waals surface area (Å²) in [7, 11) is 0. The van der Waals surface area contributed by atoms with Gasteiger partial charge in [-0.2, -0.15) is 0 Å². The van der Waals surface area contributed by atoms with Crippen LogP contribution in [0.3, 0.4) is 0 Å². The van der Waals surface area contributed by atoms with Crippen LogP contribution in [0.1, 0.15) is 0 Å². The molecule has 3 N–H and O–H groups in total. The van der Waals surface area contributed by atoms with Crippen LogP contribution in [-0.2, 0) is 16.1 Å². The zero-order valence-corrected chi connectivity index (χ0v) is 11.6. The van der Waals surface area contributed by atoms with Crippen molar-refractivity contribution in [2.45, 2.75) is 6.54 Å². The lowest BCUT2D eigenvalue weighted by molar-refractivity contribution is -0.132. The Hall–Kier alpha value is -2.35. The first-order chi connectivity index (χ1) is 10.1. The molecule has 0 aromatic carbocycles. The van der Waals surface area contributed by atoms with Crippen LogP contribution in [0.25, 0.3) is 0 Å². The first-order valence-corrected chi connectivity index (χ1v) is 6.67. The largest absolute Gasteiger partial charge is 0.478 e. The van der Waals surface area contributed by atoms with Gasteiger partial charge in [-0.1, -0.05) is 0 Å². The van der Waals surface area contributed by atoms with E-state index < -0.39 is 11.5 Å². The summed E-state index contributed by atoms with van der Waals surface area (Å²) in [6.45, 7) is 2.35. The minimum Gasteiger partial charge on any atom is -0.478 e. The van der Waals surface area contributed by atoms with Crippen LogP contribution in [0.15, 0.2) is 23.1 Å². The number of pyridine rings is 1. The fourth-order valence-corrected chi connectivity index (χ4v) is 2.06. The van der Waals surface area contributed by atoms with Crippen LogP contribution in [0.5, 0.6) is 5.75 Å². The molecule has 1 aliphatic rings. The highest BCUT2D eigenvalue weighted by Gasteiger charge is 2.17. The van der Waals surface area contributed by atoms with Crippen LogP contribution >= 0.6 is 0 Å². The molecular weight excluding hydrogens is 276 g/mol. The molecule has 0 aliphatic carbocycles. The molecule has 0 radical (unpaired) electrons. The molecule has 0 unspecified atom stereocenters. The second-order valence-electron chi connectivity index (χ2n) is 4.69. The monoisotopic (exact) mass is 294 g/mol. The fraction of sp³-hybridized carbons (Fsp3) is 0.462. The van der Waals surface area contributed by atoms with Crippen molar-refractivity contribution in [3.63, 3.8) is 0 Å². The van der Waals surface area contributed by atoms with Crippen molar-refractivity contribution in [2.75, 3.05) is 32.8 Å². The van der Waals surface area contributed by atoms with Gasteiger partial charge in [-0.15, -0.1) is 0 Å². The van der Waals surface area contributed by atoms with E-state index in [1.807, 2.05) is 0 Å². The zero-order valence-electron chi connectivity index (χ0n) is 11.6. The Bertz CT molecular complexity index is 578. The predicted octanol–water partition coefficient (Wildman–Crippen LogP) is -1.86. The number of carbonyl (C=O) groups is 2. The van der Waals surface area contributed by atoms with Crippen molar-refractivity contribution >= 4 is 11.8 Å². The van der Waals surface area contributed by atoms with Gasteiger partial charge < -0.3 is 25.3 Å². The lowest BCUT2D eigenvalue weighted by atomic mass is 10.3. The SMILES string of the molecule is NC(=O)COc1cccn(CC(=O)N2CCNCC2)c1=O. The van der Waals surface area contributed by atoms with Crippen LogP contribution in [0, 0.1) is 0 Å². The number of hydrogen-bond acceptors (Lipinski definition) is 5. The zero-order chi connectivity index (χ0) is 15.2. The highest BCUT2D eigenvalue weighted by Crippen LogP contribution is 2.03. The van der Waals surface area contributed by atoms with E-state index in [1.54, 1.807) is 11.0 Å². The van der Waals surface area contributed by atoms with E-state index >= 15 is 0 Å². The number of primary amides is 1. The maximum atomic E-state index is 12.1. The van der Waals surface area contributed by atoms with Gasteiger partial charge in [0.05, 0.1) is 0 Å². The van der Waals surface area contributed by atoms with Gasteiger partial charge >= 0.3 is 0 Å². The third-order valence-electron chi connectivity index (χ3n) is 3.13. The number of nitrogens with one attached hydrogen (secondary N) is 1. The maximum absolute atomic E-state index is 12.1. The standard InChI is InChI=1S/C13H18N4O4/c14-11(18)9-21-10-2-1-5-17(13(10)20)8-12(19)16-6-3-15-4-7-16/h1-2,5,15H,3-4,6-9H2,(H2,14,18). The lowest BCUT2D eigenvalue weighted by Gasteiger charge is -2.27. The quantitative estimate of drug-likeness (QED) is 0.662. The molecule has 114 valence electrons. The van der Waals surface area contributed by atoms with Gasteiger partial charge in [-0.05, 0) is 12.1 Å². The maximum Gasteiger partial charge on any atom is 0.293 e.